The van der Waals surface area contributed by atoms with Crippen molar-refractivity contribution in [2.45, 2.75) is 19.4 Å². The molecule has 1 fully saturated rings. The van der Waals surface area contributed by atoms with Crippen molar-refractivity contribution in [2.75, 3.05) is 19.6 Å². The van der Waals surface area contributed by atoms with Crippen molar-refractivity contribution < 1.29 is 14.7 Å². The normalized spacial score (nSPS) is 14.6. The summed E-state index contributed by atoms with van der Waals surface area (Å²) in [6.45, 7) is 2.33. The quantitative estimate of drug-likeness (QED) is 0.833. The van der Waals surface area contributed by atoms with Crippen molar-refractivity contribution in [3.8, 4) is 0 Å². The zero-order valence-electron chi connectivity index (χ0n) is 10.8. The molecule has 2 N–H and O–H groups in total. The first kappa shape index (κ1) is 13.5. The molecule has 0 atom stereocenters. The number of hydrogen-bond donors (Lipinski definition) is 2. The summed E-state index contributed by atoms with van der Waals surface area (Å²) in [5, 5.41) is 12.1. The Balaban J connectivity index is 1.85. The lowest BCUT2D eigenvalue weighted by Crippen LogP contribution is -2.36. The molecular weight excluding hydrogens is 244 g/mol. The summed E-state index contributed by atoms with van der Waals surface area (Å²) in [6.07, 6.45) is 2.15. The molecule has 0 unspecified atom stereocenters. The fraction of sp³-hybridized carbons (Fsp3) is 0.429. The van der Waals surface area contributed by atoms with Crippen molar-refractivity contribution in [3.63, 3.8) is 0 Å². The molecule has 1 saturated heterocycles. The van der Waals surface area contributed by atoms with Crippen molar-refractivity contribution in [1.29, 1.82) is 0 Å². The number of hydrogen-bond acceptors (Lipinski definition) is 3. The van der Waals surface area contributed by atoms with Crippen LogP contribution in [0.3, 0.4) is 0 Å². The van der Waals surface area contributed by atoms with Gasteiger partial charge in [-0.25, -0.2) is 4.79 Å². The van der Waals surface area contributed by atoms with Gasteiger partial charge >= 0.3 is 5.97 Å². The number of carbonyl (C=O) groups is 2. The Labute approximate surface area is 112 Å². The van der Waals surface area contributed by atoms with E-state index in [4.69, 9.17) is 5.11 Å². The molecule has 1 aromatic rings. The van der Waals surface area contributed by atoms with Gasteiger partial charge in [-0.1, -0.05) is 18.2 Å². The van der Waals surface area contributed by atoms with Gasteiger partial charge in [0.15, 0.2) is 0 Å². The van der Waals surface area contributed by atoms with Crippen molar-refractivity contribution in [3.05, 3.63) is 35.4 Å². The fourth-order valence-electron chi connectivity index (χ4n) is 2.27. The van der Waals surface area contributed by atoms with Crippen LogP contribution in [0.1, 0.15) is 28.8 Å². The molecule has 19 heavy (non-hydrogen) atoms. The summed E-state index contributed by atoms with van der Waals surface area (Å²) in [5.74, 6) is -0.853. The third-order valence-corrected chi connectivity index (χ3v) is 3.30. The van der Waals surface area contributed by atoms with Gasteiger partial charge in [0, 0.05) is 19.6 Å². The molecule has 0 radical (unpaired) electrons. The number of carboxylic acid groups (broad SMARTS) is 1. The Morgan fingerprint density at radius 2 is 1.89 bits per heavy atom. The molecule has 1 heterocycles. The second-order valence-corrected chi connectivity index (χ2v) is 4.65. The molecule has 5 heteroatoms. The third kappa shape index (κ3) is 3.54. The largest absolute Gasteiger partial charge is 0.478 e. The second-order valence-electron chi connectivity index (χ2n) is 4.65. The average molecular weight is 262 g/mol. The van der Waals surface area contributed by atoms with Gasteiger partial charge in [0.25, 0.3) is 0 Å². The van der Waals surface area contributed by atoms with Crippen LogP contribution in [0.4, 0.5) is 0 Å². The number of carboxylic acids is 1. The molecule has 1 aromatic carbocycles. The SMILES string of the molecule is O=C(O)c1ccccc1CNCC(=O)N1CCCC1. The van der Waals surface area contributed by atoms with E-state index in [-0.39, 0.29) is 18.0 Å². The molecule has 0 saturated carbocycles. The van der Waals surface area contributed by atoms with Gasteiger partial charge in [-0.3, -0.25) is 4.79 Å². The van der Waals surface area contributed by atoms with E-state index < -0.39 is 5.97 Å². The van der Waals surface area contributed by atoms with E-state index in [9.17, 15) is 9.59 Å². The molecule has 2 rings (SSSR count). The van der Waals surface area contributed by atoms with E-state index in [1.54, 1.807) is 24.3 Å². The van der Waals surface area contributed by atoms with E-state index in [1.807, 2.05) is 4.90 Å². The zero-order valence-corrected chi connectivity index (χ0v) is 10.8. The topological polar surface area (TPSA) is 69.6 Å². The summed E-state index contributed by atoms with van der Waals surface area (Å²) in [4.78, 5) is 24.7. The number of carbonyl (C=O) groups excluding carboxylic acids is 1. The first-order chi connectivity index (χ1) is 9.18. The highest BCUT2D eigenvalue weighted by molar-refractivity contribution is 5.89. The highest BCUT2D eigenvalue weighted by Gasteiger charge is 2.17. The van der Waals surface area contributed by atoms with Crippen LogP contribution < -0.4 is 5.32 Å². The molecule has 0 aliphatic carbocycles. The predicted octanol–water partition coefficient (Wildman–Crippen LogP) is 1.10. The maximum atomic E-state index is 11.8. The van der Waals surface area contributed by atoms with Crippen molar-refractivity contribution in [1.82, 2.24) is 10.2 Å². The van der Waals surface area contributed by atoms with Crippen LogP contribution in [0, 0.1) is 0 Å². The monoisotopic (exact) mass is 262 g/mol. The minimum Gasteiger partial charge on any atom is -0.478 e. The number of aromatic carboxylic acids is 1. The zero-order chi connectivity index (χ0) is 13.7. The standard InChI is InChI=1S/C14H18N2O3/c17-13(16-7-3-4-8-16)10-15-9-11-5-1-2-6-12(11)14(18)19/h1-2,5-6,15H,3-4,7-10H2,(H,18,19). The van der Waals surface area contributed by atoms with E-state index >= 15 is 0 Å². The van der Waals surface area contributed by atoms with E-state index in [0.29, 0.717) is 12.1 Å². The van der Waals surface area contributed by atoms with Crippen LogP contribution >= 0.6 is 0 Å². The van der Waals surface area contributed by atoms with Gasteiger partial charge in [-0.15, -0.1) is 0 Å². The Morgan fingerprint density at radius 1 is 1.21 bits per heavy atom. The van der Waals surface area contributed by atoms with Gasteiger partial charge < -0.3 is 15.3 Å². The Kier molecular flexibility index (Phi) is 4.52. The van der Waals surface area contributed by atoms with Gasteiger partial charge in [-0.2, -0.15) is 0 Å². The summed E-state index contributed by atoms with van der Waals surface area (Å²) < 4.78 is 0. The van der Waals surface area contributed by atoms with Gasteiger partial charge in [0.2, 0.25) is 5.91 Å². The molecule has 0 aromatic heterocycles. The lowest BCUT2D eigenvalue weighted by molar-refractivity contribution is -0.129. The summed E-state index contributed by atoms with van der Waals surface area (Å²) in [7, 11) is 0. The van der Waals surface area contributed by atoms with Crippen molar-refractivity contribution in [2.24, 2.45) is 0 Å². The lowest BCUT2D eigenvalue weighted by atomic mass is 10.1. The first-order valence-corrected chi connectivity index (χ1v) is 6.48. The van der Waals surface area contributed by atoms with Crippen LogP contribution in [0.2, 0.25) is 0 Å². The second kappa shape index (κ2) is 6.33. The lowest BCUT2D eigenvalue weighted by Gasteiger charge is -2.15. The average Bonchev–Trinajstić information content (AvgIpc) is 2.93. The van der Waals surface area contributed by atoms with Crippen LogP contribution in [-0.4, -0.2) is 41.5 Å². The Morgan fingerprint density at radius 3 is 2.58 bits per heavy atom. The highest BCUT2D eigenvalue weighted by atomic mass is 16.4. The van der Waals surface area contributed by atoms with Crippen LogP contribution in [-0.2, 0) is 11.3 Å². The number of benzene rings is 1. The van der Waals surface area contributed by atoms with Crippen molar-refractivity contribution >= 4 is 11.9 Å². The van der Waals surface area contributed by atoms with E-state index in [2.05, 4.69) is 5.32 Å². The van der Waals surface area contributed by atoms with E-state index in [1.165, 1.54) is 0 Å². The first-order valence-electron chi connectivity index (χ1n) is 6.48. The predicted molar refractivity (Wildman–Crippen MR) is 70.9 cm³/mol. The molecular formula is C14H18N2O3. The summed E-state index contributed by atoms with van der Waals surface area (Å²) in [6, 6.07) is 6.83. The molecule has 5 nitrogen and oxygen atoms in total. The fourth-order valence-corrected chi connectivity index (χ4v) is 2.27. The minimum atomic E-state index is -0.941. The maximum absolute atomic E-state index is 11.8. The number of amides is 1. The minimum absolute atomic E-state index is 0.0882. The van der Waals surface area contributed by atoms with Crippen LogP contribution in [0.15, 0.2) is 24.3 Å². The Bertz CT molecular complexity index is 468. The molecule has 1 aliphatic rings. The number of nitrogens with zero attached hydrogens (tertiary/aromatic N) is 1. The van der Waals surface area contributed by atoms with Gasteiger partial charge in [0.05, 0.1) is 12.1 Å². The summed E-state index contributed by atoms with van der Waals surface area (Å²) in [5.41, 5.74) is 0.979. The Hall–Kier alpha value is -1.88. The van der Waals surface area contributed by atoms with Crippen LogP contribution in [0.5, 0.6) is 0 Å². The number of nitrogens with one attached hydrogen (secondary N) is 1. The molecule has 0 spiro atoms. The van der Waals surface area contributed by atoms with Crippen LogP contribution in [0.25, 0.3) is 0 Å². The smallest absolute Gasteiger partial charge is 0.336 e. The molecule has 102 valence electrons. The number of likely N-dealkylation sites (tertiary alicyclic amines) is 1. The summed E-state index contributed by atoms with van der Waals surface area (Å²) >= 11 is 0. The maximum Gasteiger partial charge on any atom is 0.336 e. The van der Waals surface area contributed by atoms with Gasteiger partial charge in [-0.05, 0) is 24.5 Å². The highest BCUT2D eigenvalue weighted by Crippen LogP contribution is 2.09. The molecule has 0 bridgehead atoms. The van der Waals surface area contributed by atoms with Gasteiger partial charge in [0.1, 0.15) is 0 Å². The van der Waals surface area contributed by atoms with E-state index in [0.717, 1.165) is 25.9 Å². The number of rotatable bonds is 5. The third-order valence-electron chi connectivity index (χ3n) is 3.30. The molecule has 1 amide bonds. The molecule has 1 aliphatic heterocycles.